The minimum absolute atomic E-state index is 0.923. The molecule has 20 heavy (non-hydrogen) atoms. The van der Waals surface area contributed by atoms with Crippen molar-refractivity contribution < 1.29 is 0 Å². The van der Waals surface area contributed by atoms with Crippen LogP contribution in [-0.4, -0.2) is 44.1 Å². The predicted molar refractivity (Wildman–Crippen MR) is 87.6 cm³/mol. The standard InChI is InChI=1S/C15H26N4S/c1-3-4-7-17-15(16-2)18-8-10-19-9-5-14-13(12-19)6-11-20-14/h6,11H,3-5,7-10,12H2,1-2H3,(H2,16,17,18). The molecule has 1 aliphatic rings. The Balaban J connectivity index is 1.66. The van der Waals surface area contributed by atoms with E-state index < -0.39 is 0 Å². The number of thiophene rings is 1. The minimum Gasteiger partial charge on any atom is -0.356 e. The summed E-state index contributed by atoms with van der Waals surface area (Å²) in [6.45, 7) is 7.50. The van der Waals surface area contributed by atoms with E-state index in [9.17, 15) is 0 Å². The summed E-state index contributed by atoms with van der Waals surface area (Å²) in [4.78, 5) is 8.34. The van der Waals surface area contributed by atoms with Crippen molar-refractivity contribution in [1.29, 1.82) is 0 Å². The highest BCUT2D eigenvalue weighted by atomic mass is 32.1. The first-order chi connectivity index (χ1) is 9.83. The van der Waals surface area contributed by atoms with Crippen LogP contribution in [0.1, 0.15) is 30.2 Å². The Morgan fingerprint density at radius 3 is 3.05 bits per heavy atom. The molecule has 0 atom stereocenters. The van der Waals surface area contributed by atoms with Gasteiger partial charge in [-0.25, -0.2) is 0 Å². The summed E-state index contributed by atoms with van der Waals surface area (Å²) < 4.78 is 0. The van der Waals surface area contributed by atoms with E-state index in [0.717, 1.165) is 32.1 Å². The van der Waals surface area contributed by atoms with Crippen LogP contribution < -0.4 is 10.6 Å². The van der Waals surface area contributed by atoms with Gasteiger partial charge in [0, 0.05) is 44.6 Å². The first-order valence-corrected chi connectivity index (χ1v) is 8.43. The molecule has 0 aliphatic carbocycles. The third-order valence-electron chi connectivity index (χ3n) is 3.65. The number of nitrogens with one attached hydrogen (secondary N) is 2. The topological polar surface area (TPSA) is 39.7 Å². The van der Waals surface area contributed by atoms with Crippen LogP contribution in [0.15, 0.2) is 16.4 Å². The average molecular weight is 294 g/mol. The van der Waals surface area contributed by atoms with Crippen LogP contribution >= 0.6 is 11.3 Å². The molecule has 2 heterocycles. The van der Waals surface area contributed by atoms with Crippen molar-refractivity contribution in [3.05, 3.63) is 21.9 Å². The van der Waals surface area contributed by atoms with Gasteiger partial charge in [0.2, 0.25) is 0 Å². The largest absolute Gasteiger partial charge is 0.356 e. The van der Waals surface area contributed by atoms with E-state index >= 15 is 0 Å². The van der Waals surface area contributed by atoms with E-state index in [-0.39, 0.29) is 0 Å². The van der Waals surface area contributed by atoms with Gasteiger partial charge in [-0.15, -0.1) is 11.3 Å². The molecular formula is C15H26N4S. The average Bonchev–Trinajstić information content (AvgIpc) is 2.93. The first kappa shape index (κ1) is 15.3. The molecule has 1 aromatic heterocycles. The number of rotatable bonds is 6. The summed E-state index contributed by atoms with van der Waals surface area (Å²) in [6, 6.07) is 2.27. The highest BCUT2D eigenvalue weighted by molar-refractivity contribution is 7.10. The molecule has 0 spiro atoms. The summed E-state index contributed by atoms with van der Waals surface area (Å²) in [6.07, 6.45) is 3.60. The molecular weight excluding hydrogens is 268 g/mol. The number of hydrogen-bond acceptors (Lipinski definition) is 3. The monoisotopic (exact) mass is 294 g/mol. The van der Waals surface area contributed by atoms with Crippen molar-refractivity contribution in [3.8, 4) is 0 Å². The van der Waals surface area contributed by atoms with Gasteiger partial charge in [-0.2, -0.15) is 0 Å². The maximum atomic E-state index is 4.25. The van der Waals surface area contributed by atoms with Gasteiger partial charge in [-0.05, 0) is 29.9 Å². The highest BCUT2D eigenvalue weighted by Gasteiger charge is 2.16. The molecule has 0 saturated heterocycles. The van der Waals surface area contributed by atoms with E-state index in [1.807, 2.05) is 18.4 Å². The van der Waals surface area contributed by atoms with Crippen LogP contribution in [0.4, 0.5) is 0 Å². The van der Waals surface area contributed by atoms with E-state index in [0.29, 0.717) is 0 Å². The van der Waals surface area contributed by atoms with Gasteiger partial charge in [0.15, 0.2) is 5.96 Å². The summed E-state index contributed by atoms with van der Waals surface area (Å²) in [5, 5.41) is 8.95. The van der Waals surface area contributed by atoms with Gasteiger partial charge in [-0.1, -0.05) is 13.3 Å². The third kappa shape index (κ3) is 4.49. The van der Waals surface area contributed by atoms with Crippen LogP contribution in [0.3, 0.4) is 0 Å². The Bertz CT molecular complexity index is 427. The molecule has 112 valence electrons. The number of nitrogens with zero attached hydrogens (tertiary/aromatic N) is 2. The van der Waals surface area contributed by atoms with Gasteiger partial charge in [0.1, 0.15) is 0 Å². The Hall–Kier alpha value is -1.07. The van der Waals surface area contributed by atoms with Gasteiger partial charge in [-0.3, -0.25) is 9.89 Å². The SMILES string of the molecule is CCCCNC(=NC)NCCN1CCc2sccc2C1. The third-order valence-corrected chi connectivity index (χ3v) is 4.68. The Kier molecular flexibility index (Phi) is 6.33. The summed E-state index contributed by atoms with van der Waals surface area (Å²) in [5.74, 6) is 0.923. The molecule has 0 fully saturated rings. The van der Waals surface area contributed by atoms with Gasteiger partial charge in [0.05, 0.1) is 0 Å². The van der Waals surface area contributed by atoms with Crippen LogP contribution in [0.2, 0.25) is 0 Å². The molecule has 1 aromatic rings. The van der Waals surface area contributed by atoms with Crippen LogP contribution in [0.5, 0.6) is 0 Å². The van der Waals surface area contributed by atoms with Crippen molar-refractivity contribution in [3.63, 3.8) is 0 Å². The Morgan fingerprint density at radius 2 is 2.25 bits per heavy atom. The summed E-state index contributed by atoms with van der Waals surface area (Å²) in [5.41, 5.74) is 1.52. The molecule has 0 unspecified atom stereocenters. The summed E-state index contributed by atoms with van der Waals surface area (Å²) >= 11 is 1.90. The smallest absolute Gasteiger partial charge is 0.191 e. The van der Waals surface area contributed by atoms with E-state index in [1.54, 1.807) is 4.88 Å². The fourth-order valence-corrected chi connectivity index (χ4v) is 3.32. The zero-order valence-corrected chi connectivity index (χ0v) is 13.4. The number of aliphatic imine (C=N–C) groups is 1. The van der Waals surface area contributed by atoms with Crippen molar-refractivity contribution >= 4 is 17.3 Å². The minimum atomic E-state index is 0.923. The predicted octanol–water partition coefficient (Wildman–Crippen LogP) is 2.07. The molecule has 2 rings (SSSR count). The lowest BCUT2D eigenvalue weighted by atomic mass is 10.1. The second-order valence-electron chi connectivity index (χ2n) is 5.17. The van der Waals surface area contributed by atoms with Gasteiger partial charge in [0.25, 0.3) is 0 Å². The quantitative estimate of drug-likeness (QED) is 0.479. The number of guanidine groups is 1. The van der Waals surface area contributed by atoms with Crippen molar-refractivity contribution in [1.82, 2.24) is 15.5 Å². The maximum Gasteiger partial charge on any atom is 0.191 e. The molecule has 1 aliphatic heterocycles. The molecule has 0 aromatic carbocycles. The highest BCUT2D eigenvalue weighted by Crippen LogP contribution is 2.23. The second kappa shape index (κ2) is 8.27. The number of hydrogen-bond donors (Lipinski definition) is 2. The molecule has 5 heteroatoms. The lowest BCUT2D eigenvalue weighted by Crippen LogP contribution is -2.42. The number of unbranched alkanes of at least 4 members (excludes halogenated alkanes) is 1. The second-order valence-corrected chi connectivity index (χ2v) is 6.18. The van der Waals surface area contributed by atoms with Gasteiger partial charge >= 0.3 is 0 Å². The lowest BCUT2D eigenvalue weighted by Gasteiger charge is -2.27. The normalized spacial score (nSPS) is 16.0. The fraction of sp³-hybridized carbons (Fsp3) is 0.667. The van der Waals surface area contributed by atoms with E-state index in [4.69, 9.17) is 0 Å². The molecule has 2 N–H and O–H groups in total. The van der Waals surface area contributed by atoms with Crippen LogP contribution in [-0.2, 0) is 13.0 Å². The molecule has 0 radical (unpaired) electrons. The van der Waals surface area contributed by atoms with Crippen LogP contribution in [0.25, 0.3) is 0 Å². The number of fused-ring (bicyclic) bond motifs is 1. The fourth-order valence-electron chi connectivity index (χ4n) is 2.43. The Labute approximate surface area is 126 Å². The van der Waals surface area contributed by atoms with Gasteiger partial charge < -0.3 is 10.6 Å². The maximum absolute atomic E-state index is 4.25. The molecule has 0 amide bonds. The van der Waals surface area contributed by atoms with Crippen molar-refractivity contribution in [2.75, 3.05) is 33.2 Å². The molecule has 0 saturated carbocycles. The zero-order chi connectivity index (χ0) is 14.2. The first-order valence-electron chi connectivity index (χ1n) is 7.55. The molecule has 4 nitrogen and oxygen atoms in total. The van der Waals surface area contributed by atoms with Crippen molar-refractivity contribution in [2.24, 2.45) is 4.99 Å². The summed E-state index contributed by atoms with van der Waals surface area (Å²) in [7, 11) is 1.83. The van der Waals surface area contributed by atoms with Crippen molar-refractivity contribution in [2.45, 2.75) is 32.7 Å². The van der Waals surface area contributed by atoms with Crippen LogP contribution in [0, 0.1) is 0 Å². The van der Waals surface area contributed by atoms with E-state index in [1.165, 1.54) is 31.4 Å². The zero-order valence-electron chi connectivity index (χ0n) is 12.6. The lowest BCUT2D eigenvalue weighted by molar-refractivity contribution is 0.260. The van der Waals surface area contributed by atoms with E-state index in [2.05, 4.69) is 38.9 Å². The molecule has 0 bridgehead atoms. The Morgan fingerprint density at radius 1 is 1.40 bits per heavy atom.